The first kappa shape index (κ1) is 14.2. The van der Waals surface area contributed by atoms with Gasteiger partial charge in [-0.1, -0.05) is 39.7 Å². The highest BCUT2D eigenvalue weighted by molar-refractivity contribution is 7.13. The lowest BCUT2D eigenvalue weighted by Gasteiger charge is -2.20. The SMILES string of the molecule is O=CCOc1ccc2c(c1)CCc1ccccc1C2NP. The Kier molecular flexibility index (Phi) is 4.33. The molecular weight excluding hydrogens is 281 g/mol. The van der Waals surface area contributed by atoms with Crippen molar-refractivity contribution < 1.29 is 9.53 Å². The molecule has 0 amide bonds. The molecule has 0 saturated heterocycles. The highest BCUT2D eigenvalue weighted by Crippen LogP contribution is 2.34. The maximum atomic E-state index is 10.4. The van der Waals surface area contributed by atoms with Crippen LogP contribution in [0.2, 0.25) is 0 Å². The van der Waals surface area contributed by atoms with Gasteiger partial charge in [0.05, 0.1) is 6.04 Å². The summed E-state index contributed by atoms with van der Waals surface area (Å²) in [6, 6.07) is 14.8. The molecule has 2 atom stereocenters. The van der Waals surface area contributed by atoms with E-state index >= 15 is 0 Å². The van der Waals surface area contributed by atoms with E-state index in [1.54, 1.807) is 0 Å². The molecule has 3 rings (SSSR count). The minimum absolute atomic E-state index is 0.102. The van der Waals surface area contributed by atoms with Crippen LogP contribution >= 0.6 is 9.39 Å². The molecule has 0 saturated carbocycles. The van der Waals surface area contributed by atoms with Crippen molar-refractivity contribution in [2.75, 3.05) is 6.61 Å². The number of nitrogens with one attached hydrogen (secondary N) is 1. The molecule has 0 aromatic heterocycles. The number of aryl methyl sites for hydroxylation is 2. The molecule has 1 aliphatic rings. The summed E-state index contributed by atoms with van der Waals surface area (Å²) in [5.41, 5.74) is 5.25. The Bertz CT molecular complexity index is 657. The molecule has 108 valence electrons. The van der Waals surface area contributed by atoms with Crippen molar-refractivity contribution in [3.05, 3.63) is 64.7 Å². The van der Waals surface area contributed by atoms with Crippen LogP contribution in [-0.2, 0) is 17.6 Å². The van der Waals surface area contributed by atoms with Crippen molar-refractivity contribution >= 4 is 15.7 Å². The number of fused-ring (bicyclic) bond motifs is 2. The fourth-order valence-corrected chi connectivity index (χ4v) is 3.32. The second kappa shape index (κ2) is 6.38. The van der Waals surface area contributed by atoms with Gasteiger partial charge in [-0.05, 0) is 47.2 Å². The molecule has 21 heavy (non-hydrogen) atoms. The Morgan fingerprint density at radius 3 is 2.71 bits per heavy atom. The van der Waals surface area contributed by atoms with E-state index in [0.29, 0.717) is 0 Å². The zero-order valence-electron chi connectivity index (χ0n) is 11.7. The van der Waals surface area contributed by atoms with Gasteiger partial charge in [0, 0.05) is 0 Å². The third-order valence-electron chi connectivity index (χ3n) is 3.94. The first-order valence-corrected chi connectivity index (χ1v) is 7.64. The smallest absolute Gasteiger partial charge is 0.157 e. The molecule has 4 heteroatoms. The molecule has 0 fully saturated rings. The largest absolute Gasteiger partial charge is 0.486 e. The summed E-state index contributed by atoms with van der Waals surface area (Å²) in [5.74, 6) is 0.759. The fraction of sp³-hybridized carbons (Fsp3) is 0.235. The summed E-state index contributed by atoms with van der Waals surface area (Å²) in [6.45, 7) is 0.102. The van der Waals surface area contributed by atoms with Crippen molar-refractivity contribution in [2.45, 2.75) is 18.9 Å². The lowest BCUT2D eigenvalue weighted by molar-refractivity contribution is -0.109. The van der Waals surface area contributed by atoms with Gasteiger partial charge in [0.25, 0.3) is 0 Å². The third kappa shape index (κ3) is 2.85. The van der Waals surface area contributed by atoms with Crippen LogP contribution in [0.4, 0.5) is 0 Å². The molecule has 3 nitrogen and oxygen atoms in total. The Balaban J connectivity index is 2.01. The van der Waals surface area contributed by atoms with E-state index in [1.165, 1.54) is 22.3 Å². The quantitative estimate of drug-likeness (QED) is 0.697. The number of benzene rings is 2. The summed E-state index contributed by atoms with van der Waals surface area (Å²) >= 11 is 0. The normalized spacial score (nSPS) is 16.5. The number of aldehydes is 1. The highest BCUT2D eigenvalue weighted by Gasteiger charge is 2.22. The van der Waals surface area contributed by atoms with Crippen LogP contribution in [0.1, 0.15) is 28.3 Å². The van der Waals surface area contributed by atoms with Gasteiger partial charge < -0.3 is 4.74 Å². The van der Waals surface area contributed by atoms with Gasteiger partial charge in [-0.2, -0.15) is 0 Å². The van der Waals surface area contributed by atoms with Crippen LogP contribution in [0.25, 0.3) is 0 Å². The van der Waals surface area contributed by atoms with Crippen molar-refractivity contribution in [1.29, 1.82) is 0 Å². The number of hydrogen-bond acceptors (Lipinski definition) is 3. The van der Waals surface area contributed by atoms with E-state index in [-0.39, 0.29) is 12.6 Å². The maximum Gasteiger partial charge on any atom is 0.157 e. The van der Waals surface area contributed by atoms with Crippen LogP contribution in [0.15, 0.2) is 42.5 Å². The lowest BCUT2D eigenvalue weighted by atomic mass is 9.95. The second-order valence-electron chi connectivity index (χ2n) is 5.14. The van der Waals surface area contributed by atoms with Crippen molar-refractivity contribution in [3.8, 4) is 5.75 Å². The molecule has 0 bridgehead atoms. The molecule has 1 N–H and O–H groups in total. The van der Waals surface area contributed by atoms with Gasteiger partial charge >= 0.3 is 0 Å². The molecule has 1 aliphatic carbocycles. The first-order chi connectivity index (χ1) is 10.3. The average Bonchev–Trinajstić information content (AvgIpc) is 2.69. The van der Waals surface area contributed by atoms with Gasteiger partial charge in [0.15, 0.2) is 6.29 Å². The first-order valence-electron chi connectivity index (χ1n) is 7.06. The number of ether oxygens (including phenoxy) is 1. The molecule has 2 unspecified atom stereocenters. The standard InChI is InChI=1S/C17H18NO2P/c19-9-10-20-14-7-8-16-13(11-14)6-5-12-3-1-2-4-15(12)17(16)18-21/h1-4,7-9,11,17-18H,5-6,10,21H2. The zero-order valence-corrected chi connectivity index (χ0v) is 12.9. The summed E-state index contributed by atoms with van der Waals surface area (Å²) < 4.78 is 5.41. The molecule has 0 aliphatic heterocycles. The Labute approximate surface area is 127 Å². The fourth-order valence-electron chi connectivity index (χ4n) is 2.96. The van der Waals surface area contributed by atoms with E-state index in [1.807, 2.05) is 6.07 Å². The molecule has 0 heterocycles. The zero-order chi connectivity index (χ0) is 14.7. The Hall–Kier alpha value is -1.70. The predicted molar refractivity (Wildman–Crippen MR) is 86.5 cm³/mol. The minimum Gasteiger partial charge on any atom is -0.486 e. The van der Waals surface area contributed by atoms with Gasteiger partial charge in [-0.25, -0.2) is 0 Å². The van der Waals surface area contributed by atoms with Crippen LogP contribution in [0.5, 0.6) is 5.75 Å². The molecular formula is C17H18NO2P. The summed E-state index contributed by atoms with van der Waals surface area (Å²) in [5, 5.41) is 3.34. The van der Waals surface area contributed by atoms with Crippen LogP contribution < -0.4 is 9.82 Å². The average molecular weight is 299 g/mol. The minimum atomic E-state index is 0.102. The van der Waals surface area contributed by atoms with Crippen molar-refractivity contribution in [3.63, 3.8) is 0 Å². The Morgan fingerprint density at radius 2 is 1.90 bits per heavy atom. The maximum absolute atomic E-state index is 10.4. The number of carbonyl (C=O) groups excluding carboxylic acids is 1. The topological polar surface area (TPSA) is 38.3 Å². The summed E-state index contributed by atoms with van der Waals surface area (Å²) in [6.07, 6.45) is 2.77. The van der Waals surface area contributed by atoms with Gasteiger partial charge in [0.1, 0.15) is 12.4 Å². The monoisotopic (exact) mass is 299 g/mol. The predicted octanol–water partition coefficient (Wildman–Crippen LogP) is 2.83. The van der Waals surface area contributed by atoms with Gasteiger partial charge in [-0.3, -0.25) is 9.88 Å². The molecule has 2 aromatic rings. The van der Waals surface area contributed by atoms with Crippen LogP contribution in [-0.4, -0.2) is 12.9 Å². The number of rotatable bonds is 4. The number of hydrogen-bond donors (Lipinski definition) is 1. The summed E-state index contributed by atoms with van der Waals surface area (Å²) in [7, 11) is 2.63. The highest BCUT2D eigenvalue weighted by atomic mass is 31.0. The van der Waals surface area contributed by atoms with Crippen LogP contribution in [0, 0.1) is 0 Å². The lowest BCUT2D eigenvalue weighted by Crippen LogP contribution is -2.14. The second-order valence-corrected chi connectivity index (χ2v) is 5.47. The van der Waals surface area contributed by atoms with Crippen LogP contribution in [0.3, 0.4) is 0 Å². The third-order valence-corrected chi connectivity index (χ3v) is 4.27. The molecule has 0 spiro atoms. The van der Waals surface area contributed by atoms with Gasteiger partial charge in [0.2, 0.25) is 0 Å². The molecule has 2 aromatic carbocycles. The van der Waals surface area contributed by atoms with E-state index in [2.05, 4.69) is 50.9 Å². The van der Waals surface area contributed by atoms with Crippen molar-refractivity contribution in [1.82, 2.24) is 5.09 Å². The van der Waals surface area contributed by atoms with Crippen molar-refractivity contribution in [2.24, 2.45) is 0 Å². The van der Waals surface area contributed by atoms with E-state index in [9.17, 15) is 4.79 Å². The van der Waals surface area contributed by atoms with E-state index in [0.717, 1.165) is 24.9 Å². The van der Waals surface area contributed by atoms with E-state index in [4.69, 9.17) is 4.74 Å². The van der Waals surface area contributed by atoms with Gasteiger partial charge in [-0.15, -0.1) is 0 Å². The summed E-state index contributed by atoms with van der Waals surface area (Å²) in [4.78, 5) is 10.4. The Morgan fingerprint density at radius 1 is 1.14 bits per heavy atom. The number of carbonyl (C=O) groups is 1. The molecule has 0 radical (unpaired) electrons. The van der Waals surface area contributed by atoms with E-state index < -0.39 is 0 Å².